The predicted molar refractivity (Wildman–Crippen MR) is 64.0 cm³/mol. The second-order valence-corrected chi connectivity index (χ2v) is 5.54. The van der Waals surface area contributed by atoms with Gasteiger partial charge in [-0.25, -0.2) is 0 Å². The molecule has 2 nitrogen and oxygen atoms in total. The van der Waals surface area contributed by atoms with Crippen molar-refractivity contribution in [2.45, 2.75) is 38.3 Å². The number of thioether (sulfide) groups is 1. The first-order valence-electron chi connectivity index (χ1n) is 5.95. The summed E-state index contributed by atoms with van der Waals surface area (Å²) in [4.78, 5) is 2.62. The largest absolute Gasteiger partial charge is 0.312 e. The van der Waals surface area contributed by atoms with Crippen molar-refractivity contribution >= 4 is 11.8 Å². The first-order valence-corrected chi connectivity index (χ1v) is 7.11. The van der Waals surface area contributed by atoms with E-state index < -0.39 is 0 Å². The van der Waals surface area contributed by atoms with E-state index in [1.54, 1.807) is 0 Å². The molecule has 14 heavy (non-hydrogen) atoms. The molecule has 0 aromatic carbocycles. The lowest BCUT2D eigenvalue weighted by Gasteiger charge is -2.24. The van der Waals surface area contributed by atoms with E-state index in [2.05, 4.69) is 28.9 Å². The SMILES string of the molecule is CCN1CCC[C@@H]1CN[C@@H]1CCSC1. The van der Waals surface area contributed by atoms with Crippen molar-refractivity contribution in [1.29, 1.82) is 0 Å². The molecule has 3 heteroatoms. The van der Waals surface area contributed by atoms with Crippen molar-refractivity contribution in [3.8, 4) is 0 Å². The van der Waals surface area contributed by atoms with Crippen LogP contribution in [0.1, 0.15) is 26.2 Å². The van der Waals surface area contributed by atoms with Crippen molar-refractivity contribution < 1.29 is 0 Å². The fourth-order valence-corrected chi connectivity index (χ4v) is 3.73. The van der Waals surface area contributed by atoms with Gasteiger partial charge in [0.2, 0.25) is 0 Å². The summed E-state index contributed by atoms with van der Waals surface area (Å²) in [5.41, 5.74) is 0. The average Bonchev–Trinajstić information content (AvgIpc) is 2.85. The van der Waals surface area contributed by atoms with Gasteiger partial charge in [-0.3, -0.25) is 4.90 Å². The summed E-state index contributed by atoms with van der Waals surface area (Å²) >= 11 is 2.10. The Kier molecular flexibility index (Phi) is 4.14. The van der Waals surface area contributed by atoms with E-state index in [-0.39, 0.29) is 0 Å². The minimum absolute atomic E-state index is 0.805. The van der Waals surface area contributed by atoms with Crippen LogP contribution < -0.4 is 5.32 Å². The molecule has 2 aliphatic rings. The van der Waals surface area contributed by atoms with Gasteiger partial charge in [-0.2, -0.15) is 11.8 Å². The molecule has 0 bridgehead atoms. The van der Waals surface area contributed by atoms with Gasteiger partial charge in [0, 0.05) is 24.4 Å². The molecule has 0 aliphatic carbocycles. The highest BCUT2D eigenvalue weighted by Crippen LogP contribution is 2.19. The maximum atomic E-state index is 3.73. The lowest BCUT2D eigenvalue weighted by molar-refractivity contribution is 0.255. The van der Waals surface area contributed by atoms with Crippen LogP contribution in [0.5, 0.6) is 0 Å². The molecule has 0 spiro atoms. The standard InChI is InChI=1S/C11H22N2S/c1-2-13-6-3-4-11(13)8-12-10-5-7-14-9-10/h10-12H,2-9H2,1H3/t10-,11-/m1/s1. The van der Waals surface area contributed by atoms with Crippen molar-refractivity contribution in [2.75, 3.05) is 31.1 Å². The summed E-state index contributed by atoms with van der Waals surface area (Å²) in [5, 5.41) is 3.73. The van der Waals surface area contributed by atoms with Gasteiger partial charge in [0.15, 0.2) is 0 Å². The van der Waals surface area contributed by atoms with Crippen LogP contribution in [0.2, 0.25) is 0 Å². The highest BCUT2D eigenvalue weighted by molar-refractivity contribution is 7.99. The molecule has 0 unspecified atom stereocenters. The lowest BCUT2D eigenvalue weighted by Crippen LogP contribution is -2.41. The second kappa shape index (κ2) is 5.38. The molecule has 2 atom stereocenters. The Balaban J connectivity index is 1.68. The minimum atomic E-state index is 0.805. The molecule has 2 aliphatic heterocycles. The van der Waals surface area contributed by atoms with Crippen molar-refractivity contribution in [1.82, 2.24) is 10.2 Å². The maximum absolute atomic E-state index is 3.73. The third-order valence-electron chi connectivity index (χ3n) is 3.48. The minimum Gasteiger partial charge on any atom is -0.312 e. The first-order chi connectivity index (χ1) is 6.90. The van der Waals surface area contributed by atoms with Crippen molar-refractivity contribution in [3.63, 3.8) is 0 Å². The number of likely N-dealkylation sites (N-methyl/N-ethyl adjacent to an activating group) is 1. The molecule has 0 radical (unpaired) electrons. The Labute approximate surface area is 91.8 Å². The van der Waals surface area contributed by atoms with E-state index in [0.717, 1.165) is 12.1 Å². The molecule has 1 N–H and O–H groups in total. The summed E-state index contributed by atoms with van der Waals surface area (Å²) in [6.45, 7) is 6.05. The van der Waals surface area contributed by atoms with Gasteiger partial charge in [0.1, 0.15) is 0 Å². The number of hydrogen-bond acceptors (Lipinski definition) is 3. The molecular formula is C11H22N2S. The van der Waals surface area contributed by atoms with Gasteiger partial charge < -0.3 is 5.32 Å². The van der Waals surface area contributed by atoms with Crippen molar-refractivity contribution in [3.05, 3.63) is 0 Å². The normalized spacial score (nSPS) is 34.1. The highest BCUT2D eigenvalue weighted by atomic mass is 32.2. The Bertz CT molecular complexity index is 169. The van der Waals surface area contributed by atoms with E-state index in [0.29, 0.717) is 0 Å². The van der Waals surface area contributed by atoms with Crippen LogP contribution >= 0.6 is 11.8 Å². The molecule has 2 saturated heterocycles. The zero-order chi connectivity index (χ0) is 9.80. The molecule has 0 aromatic rings. The third-order valence-corrected chi connectivity index (χ3v) is 4.64. The van der Waals surface area contributed by atoms with E-state index in [4.69, 9.17) is 0 Å². The number of hydrogen-bond donors (Lipinski definition) is 1. The zero-order valence-electron chi connectivity index (χ0n) is 9.17. The Morgan fingerprint density at radius 2 is 2.36 bits per heavy atom. The van der Waals surface area contributed by atoms with E-state index in [9.17, 15) is 0 Å². The predicted octanol–water partition coefficient (Wildman–Crippen LogP) is 1.57. The van der Waals surface area contributed by atoms with Crippen LogP contribution in [-0.2, 0) is 0 Å². The first kappa shape index (κ1) is 10.8. The fourth-order valence-electron chi connectivity index (χ4n) is 2.54. The van der Waals surface area contributed by atoms with Gasteiger partial charge in [-0.1, -0.05) is 6.92 Å². The molecule has 2 heterocycles. The Hall–Kier alpha value is 0.270. The monoisotopic (exact) mass is 214 g/mol. The van der Waals surface area contributed by atoms with E-state index in [1.807, 2.05) is 0 Å². The Morgan fingerprint density at radius 1 is 1.43 bits per heavy atom. The average molecular weight is 214 g/mol. The second-order valence-electron chi connectivity index (χ2n) is 4.39. The number of nitrogens with one attached hydrogen (secondary N) is 1. The van der Waals surface area contributed by atoms with Crippen LogP contribution in [-0.4, -0.2) is 48.1 Å². The summed E-state index contributed by atoms with van der Waals surface area (Å²) < 4.78 is 0. The number of nitrogens with zero attached hydrogens (tertiary/aromatic N) is 1. The Morgan fingerprint density at radius 3 is 3.07 bits per heavy atom. The van der Waals surface area contributed by atoms with Crippen LogP contribution in [0.3, 0.4) is 0 Å². The summed E-state index contributed by atoms with van der Waals surface area (Å²) in [5.74, 6) is 2.69. The summed E-state index contributed by atoms with van der Waals surface area (Å²) in [6.07, 6.45) is 4.18. The number of likely N-dealkylation sites (tertiary alicyclic amines) is 1. The molecular weight excluding hydrogens is 192 g/mol. The zero-order valence-corrected chi connectivity index (χ0v) is 9.98. The smallest absolute Gasteiger partial charge is 0.0221 e. The van der Waals surface area contributed by atoms with E-state index in [1.165, 1.54) is 50.4 Å². The van der Waals surface area contributed by atoms with Gasteiger partial charge in [-0.15, -0.1) is 0 Å². The summed E-state index contributed by atoms with van der Waals surface area (Å²) in [6, 6.07) is 1.63. The summed E-state index contributed by atoms with van der Waals surface area (Å²) in [7, 11) is 0. The molecule has 2 fully saturated rings. The van der Waals surface area contributed by atoms with Crippen LogP contribution in [0.15, 0.2) is 0 Å². The highest BCUT2D eigenvalue weighted by Gasteiger charge is 2.24. The quantitative estimate of drug-likeness (QED) is 0.765. The fraction of sp³-hybridized carbons (Fsp3) is 1.00. The third kappa shape index (κ3) is 2.65. The topological polar surface area (TPSA) is 15.3 Å². The van der Waals surface area contributed by atoms with Crippen LogP contribution in [0, 0.1) is 0 Å². The van der Waals surface area contributed by atoms with Gasteiger partial charge in [-0.05, 0) is 38.1 Å². The van der Waals surface area contributed by atoms with Gasteiger partial charge in [0.05, 0.1) is 0 Å². The molecule has 0 amide bonds. The van der Waals surface area contributed by atoms with Crippen LogP contribution in [0.4, 0.5) is 0 Å². The maximum Gasteiger partial charge on any atom is 0.0221 e. The molecule has 0 aromatic heterocycles. The van der Waals surface area contributed by atoms with Crippen molar-refractivity contribution in [2.24, 2.45) is 0 Å². The van der Waals surface area contributed by atoms with Gasteiger partial charge >= 0.3 is 0 Å². The van der Waals surface area contributed by atoms with Crippen LogP contribution in [0.25, 0.3) is 0 Å². The number of rotatable bonds is 4. The van der Waals surface area contributed by atoms with E-state index >= 15 is 0 Å². The molecule has 82 valence electrons. The van der Waals surface area contributed by atoms with Gasteiger partial charge in [0.25, 0.3) is 0 Å². The molecule has 2 rings (SSSR count). The molecule has 0 saturated carbocycles. The lowest BCUT2D eigenvalue weighted by atomic mass is 10.2.